The SMILES string of the molecule is CC1(C)CCN(C(=O)CN2CCC(n3c(=O)[nH]c4cc(-c5noc(=O)[nH]5)c(F)cc43)CC2)CC1. The first-order valence-corrected chi connectivity index (χ1v) is 11.7. The van der Waals surface area contributed by atoms with Gasteiger partial charge in [0.25, 0.3) is 0 Å². The number of hydrogen-bond donors (Lipinski definition) is 2. The summed E-state index contributed by atoms with van der Waals surface area (Å²) >= 11 is 0. The van der Waals surface area contributed by atoms with Gasteiger partial charge in [-0.2, -0.15) is 0 Å². The predicted octanol–water partition coefficient (Wildman–Crippen LogP) is 2.10. The van der Waals surface area contributed by atoms with Crippen LogP contribution in [0.1, 0.15) is 45.6 Å². The monoisotopic (exact) mass is 472 g/mol. The van der Waals surface area contributed by atoms with E-state index in [4.69, 9.17) is 0 Å². The Balaban J connectivity index is 1.27. The Hall–Kier alpha value is -3.21. The normalized spacial score (nSPS) is 19.7. The summed E-state index contributed by atoms with van der Waals surface area (Å²) in [6, 6.07) is 2.63. The van der Waals surface area contributed by atoms with E-state index in [-0.39, 0.29) is 29.0 Å². The highest BCUT2D eigenvalue weighted by Crippen LogP contribution is 2.31. The van der Waals surface area contributed by atoms with Crippen LogP contribution in [-0.2, 0) is 4.79 Å². The average Bonchev–Trinajstić information content (AvgIpc) is 3.35. The van der Waals surface area contributed by atoms with E-state index >= 15 is 0 Å². The third-order valence-corrected chi connectivity index (χ3v) is 7.25. The van der Waals surface area contributed by atoms with E-state index in [0.29, 0.717) is 48.9 Å². The molecule has 5 rings (SSSR count). The molecule has 2 aromatic heterocycles. The minimum atomic E-state index is -0.782. The molecular formula is C23H29FN6O4. The van der Waals surface area contributed by atoms with E-state index in [1.165, 1.54) is 12.1 Å². The molecule has 2 aliphatic heterocycles. The van der Waals surface area contributed by atoms with Crippen molar-refractivity contribution in [2.24, 2.45) is 5.41 Å². The highest BCUT2D eigenvalue weighted by Gasteiger charge is 2.30. The van der Waals surface area contributed by atoms with Crippen LogP contribution in [0, 0.1) is 11.2 Å². The molecule has 34 heavy (non-hydrogen) atoms. The average molecular weight is 473 g/mol. The second-order valence-electron chi connectivity index (χ2n) is 10.1. The summed E-state index contributed by atoms with van der Waals surface area (Å²) in [5.74, 6) is -1.26. The molecule has 0 bridgehead atoms. The van der Waals surface area contributed by atoms with Gasteiger partial charge in [-0.15, -0.1) is 0 Å². The van der Waals surface area contributed by atoms with Crippen LogP contribution in [0.3, 0.4) is 0 Å². The number of aromatic amines is 2. The first-order valence-electron chi connectivity index (χ1n) is 11.7. The number of amides is 1. The maximum atomic E-state index is 14.8. The van der Waals surface area contributed by atoms with Gasteiger partial charge in [-0.1, -0.05) is 19.0 Å². The summed E-state index contributed by atoms with van der Waals surface area (Å²) in [4.78, 5) is 45.9. The van der Waals surface area contributed by atoms with Crippen LogP contribution in [0.25, 0.3) is 22.4 Å². The number of carbonyl (C=O) groups excluding carboxylic acids is 1. The number of aromatic nitrogens is 4. The number of rotatable bonds is 4. The van der Waals surface area contributed by atoms with Crippen LogP contribution in [0.4, 0.5) is 4.39 Å². The molecule has 4 heterocycles. The number of hydrogen-bond acceptors (Lipinski definition) is 6. The largest absolute Gasteiger partial charge is 0.439 e. The summed E-state index contributed by atoms with van der Waals surface area (Å²) in [7, 11) is 0. The number of imidazole rings is 1. The number of fused-ring (bicyclic) bond motifs is 1. The molecule has 0 atom stereocenters. The number of carbonyl (C=O) groups is 1. The van der Waals surface area contributed by atoms with Crippen LogP contribution in [-0.4, -0.2) is 68.1 Å². The number of nitrogens with zero attached hydrogens (tertiary/aromatic N) is 4. The highest BCUT2D eigenvalue weighted by molar-refractivity contribution is 5.81. The molecule has 2 aliphatic rings. The van der Waals surface area contributed by atoms with Crippen molar-refractivity contribution >= 4 is 16.9 Å². The highest BCUT2D eigenvalue weighted by atomic mass is 19.1. The number of halogens is 1. The van der Waals surface area contributed by atoms with Gasteiger partial charge < -0.3 is 9.88 Å². The molecule has 11 heteroatoms. The maximum Gasteiger partial charge on any atom is 0.439 e. The molecule has 1 aromatic carbocycles. The third-order valence-electron chi connectivity index (χ3n) is 7.25. The molecule has 182 valence electrons. The van der Waals surface area contributed by atoms with E-state index in [9.17, 15) is 18.8 Å². The zero-order chi connectivity index (χ0) is 24.0. The zero-order valence-corrected chi connectivity index (χ0v) is 19.4. The molecule has 0 unspecified atom stereocenters. The second kappa shape index (κ2) is 8.53. The van der Waals surface area contributed by atoms with Gasteiger partial charge in [0.15, 0.2) is 5.82 Å². The Morgan fingerprint density at radius 2 is 1.85 bits per heavy atom. The topological polar surface area (TPSA) is 120 Å². The predicted molar refractivity (Wildman–Crippen MR) is 123 cm³/mol. The molecule has 2 fully saturated rings. The molecule has 2 N–H and O–H groups in total. The molecule has 0 saturated carbocycles. The molecule has 1 amide bonds. The van der Waals surface area contributed by atoms with Crippen molar-refractivity contribution in [2.75, 3.05) is 32.7 Å². The number of likely N-dealkylation sites (tertiary alicyclic amines) is 2. The summed E-state index contributed by atoms with van der Waals surface area (Å²) in [6.45, 7) is 7.88. The fraction of sp³-hybridized carbons (Fsp3) is 0.565. The number of H-pyrrole nitrogens is 2. The lowest BCUT2D eigenvalue weighted by atomic mass is 9.82. The van der Waals surface area contributed by atoms with E-state index < -0.39 is 11.6 Å². The smallest absolute Gasteiger partial charge is 0.342 e. The summed E-state index contributed by atoms with van der Waals surface area (Å²) in [5, 5.41) is 3.53. The fourth-order valence-electron chi connectivity index (χ4n) is 5.03. The Kier molecular flexibility index (Phi) is 5.67. The van der Waals surface area contributed by atoms with Crippen molar-refractivity contribution in [3.05, 3.63) is 39.0 Å². The van der Waals surface area contributed by atoms with Gasteiger partial charge in [-0.25, -0.2) is 14.0 Å². The van der Waals surface area contributed by atoms with Crippen LogP contribution in [0.2, 0.25) is 0 Å². The quantitative estimate of drug-likeness (QED) is 0.600. The van der Waals surface area contributed by atoms with Crippen molar-refractivity contribution in [1.82, 2.24) is 29.5 Å². The minimum absolute atomic E-state index is 0.0340. The molecule has 0 spiro atoms. The van der Waals surface area contributed by atoms with Gasteiger partial charge in [0.05, 0.1) is 23.1 Å². The molecule has 3 aromatic rings. The Bertz CT molecular complexity index is 1320. The van der Waals surface area contributed by atoms with Gasteiger partial charge in [0, 0.05) is 38.3 Å². The fourth-order valence-corrected chi connectivity index (χ4v) is 5.03. The molecular weight excluding hydrogens is 443 g/mol. The number of nitrogens with one attached hydrogen (secondary N) is 2. The number of piperidine rings is 2. The molecule has 2 saturated heterocycles. The van der Waals surface area contributed by atoms with Crippen molar-refractivity contribution in [1.29, 1.82) is 0 Å². The lowest BCUT2D eigenvalue weighted by Gasteiger charge is -2.38. The second-order valence-corrected chi connectivity index (χ2v) is 10.1. The van der Waals surface area contributed by atoms with Gasteiger partial charge in [-0.05, 0) is 37.2 Å². The van der Waals surface area contributed by atoms with Crippen molar-refractivity contribution in [2.45, 2.75) is 45.6 Å². The zero-order valence-electron chi connectivity index (χ0n) is 19.4. The third kappa shape index (κ3) is 4.31. The van der Waals surface area contributed by atoms with Crippen LogP contribution >= 0.6 is 0 Å². The summed E-state index contributed by atoms with van der Waals surface area (Å²) in [5.41, 5.74) is 0.944. The standard InChI is InChI=1S/C23H29FN6O4/c1-23(2)5-9-29(10-6-23)19(31)13-28-7-3-14(4-8-28)30-18-12-16(24)15(11-17(18)25-21(30)32)20-26-22(33)34-27-20/h11-12,14H,3-10,13H2,1-2H3,(H,25,32)(H,26,27,33). The molecule has 10 nitrogen and oxygen atoms in total. The van der Waals surface area contributed by atoms with Crippen LogP contribution in [0.15, 0.2) is 26.2 Å². The molecule has 0 aliphatic carbocycles. The lowest BCUT2D eigenvalue weighted by molar-refractivity contribution is -0.134. The Morgan fingerprint density at radius 3 is 2.50 bits per heavy atom. The van der Waals surface area contributed by atoms with Crippen LogP contribution < -0.4 is 11.4 Å². The minimum Gasteiger partial charge on any atom is -0.342 e. The maximum absolute atomic E-state index is 14.8. The van der Waals surface area contributed by atoms with Gasteiger partial charge in [0.1, 0.15) is 5.82 Å². The van der Waals surface area contributed by atoms with Gasteiger partial charge in [-0.3, -0.25) is 23.8 Å². The Morgan fingerprint density at radius 1 is 1.15 bits per heavy atom. The Labute approximate surface area is 194 Å². The first-order chi connectivity index (χ1) is 16.2. The molecule has 0 radical (unpaired) electrons. The van der Waals surface area contributed by atoms with Crippen molar-refractivity contribution < 1.29 is 13.7 Å². The van der Waals surface area contributed by atoms with Gasteiger partial charge >= 0.3 is 11.4 Å². The first kappa shape index (κ1) is 22.6. The number of benzene rings is 1. The lowest BCUT2D eigenvalue weighted by Crippen LogP contribution is -2.47. The van der Waals surface area contributed by atoms with Gasteiger partial charge in [0.2, 0.25) is 5.91 Å². The van der Waals surface area contributed by atoms with E-state index in [1.807, 2.05) is 4.90 Å². The van der Waals surface area contributed by atoms with E-state index in [0.717, 1.165) is 25.9 Å². The van der Waals surface area contributed by atoms with Crippen LogP contribution in [0.5, 0.6) is 0 Å². The summed E-state index contributed by atoms with van der Waals surface area (Å²) in [6.07, 6.45) is 3.42. The van der Waals surface area contributed by atoms with Crippen molar-refractivity contribution in [3.63, 3.8) is 0 Å². The van der Waals surface area contributed by atoms with E-state index in [2.05, 4.69) is 38.4 Å². The summed E-state index contributed by atoms with van der Waals surface area (Å²) < 4.78 is 20.9. The van der Waals surface area contributed by atoms with E-state index in [1.54, 1.807) is 4.57 Å². The van der Waals surface area contributed by atoms with Crippen molar-refractivity contribution in [3.8, 4) is 11.4 Å².